The molecule has 0 aromatic heterocycles. The van der Waals surface area contributed by atoms with Gasteiger partial charge < -0.3 is 10.5 Å². The van der Waals surface area contributed by atoms with Crippen LogP contribution in [0.2, 0.25) is 5.02 Å². The zero-order chi connectivity index (χ0) is 15.4. The number of hydrogen-bond acceptors (Lipinski definition) is 3. The van der Waals surface area contributed by atoms with Crippen LogP contribution in [-0.4, -0.2) is 12.0 Å². The summed E-state index contributed by atoms with van der Waals surface area (Å²) in [6, 6.07) is 11.5. The van der Waals surface area contributed by atoms with Gasteiger partial charge in [-0.1, -0.05) is 35.9 Å². The molecular weight excluding hydrogens is 292 g/mol. The fourth-order valence-corrected chi connectivity index (χ4v) is 2.05. The molecule has 0 saturated carbocycles. The lowest BCUT2D eigenvalue weighted by Gasteiger charge is -2.11. The SMILES string of the molecule is Cc1cccc(Cl)c1NC(=O)Oc1ccccc1C(N)=O. The molecule has 21 heavy (non-hydrogen) atoms. The van der Waals surface area contributed by atoms with Gasteiger partial charge in [0, 0.05) is 0 Å². The van der Waals surface area contributed by atoms with Gasteiger partial charge in [-0.25, -0.2) is 4.79 Å². The number of rotatable bonds is 3. The first-order chi connectivity index (χ1) is 9.99. The Morgan fingerprint density at radius 1 is 1.14 bits per heavy atom. The highest BCUT2D eigenvalue weighted by Gasteiger charge is 2.14. The van der Waals surface area contributed by atoms with Crippen molar-refractivity contribution < 1.29 is 14.3 Å². The average Bonchev–Trinajstić information content (AvgIpc) is 2.43. The minimum absolute atomic E-state index is 0.0900. The summed E-state index contributed by atoms with van der Waals surface area (Å²) in [7, 11) is 0. The van der Waals surface area contributed by atoms with Gasteiger partial charge in [0.25, 0.3) is 5.91 Å². The second kappa shape index (κ2) is 6.28. The Morgan fingerprint density at radius 3 is 2.52 bits per heavy atom. The number of halogens is 1. The number of ether oxygens (including phenoxy) is 1. The maximum atomic E-state index is 11.9. The highest BCUT2D eigenvalue weighted by Crippen LogP contribution is 2.26. The number of aryl methyl sites for hydroxylation is 1. The Bertz CT molecular complexity index is 681. The van der Waals surface area contributed by atoms with Gasteiger partial charge in [-0.2, -0.15) is 0 Å². The summed E-state index contributed by atoms with van der Waals surface area (Å²) in [5.41, 5.74) is 6.60. The van der Waals surface area contributed by atoms with Crippen molar-refractivity contribution in [1.29, 1.82) is 0 Å². The van der Waals surface area contributed by atoms with Gasteiger partial charge in [0.15, 0.2) is 0 Å². The first kappa shape index (κ1) is 14.9. The molecular formula is C15H13ClN2O3. The van der Waals surface area contributed by atoms with Gasteiger partial charge in [-0.3, -0.25) is 10.1 Å². The molecule has 2 amide bonds. The number of hydrogen-bond donors (Lipinski definition) is 2. The quantitative estimate of drug-likeness (QED) is 0.912. The van der Waals surface area contributed by atoms with Gasteiger partial charge in [0.05, 0.1) is 16.3 Å². The molecule has 2 rings (SSSR count). The van der Waals surface area contributed by atoms with E-state index in [1.807, 2.05) is 0 Å². The maximum Gasteiger partial charge on any atom is 0.417 e. The number of benzene rings is 2. The summed E-state index contributed by atoms with van der Waals surface area (Å²) >= 11 is 6.01. The van der Waals surface area contributed by atoms with E-state index in [-0.39, 0.29) is 11.3 Å². The van der Waals surface area contributed by atoms with Gasteiger partial charge in [0.1, 0.15) is 5.75 Å². The molecule has 3 N–H and O–H groups in total. The number of nitrogens with one attached hydrogen (secondary N) is 1. The molecule has 0 atom stereocenters. The normalized spacial score (nSPS) is 10.0. The number of amides is 2. The van der Waals surface area contributed by atoms with Crippen LogP contribution >= 0.6 is 11.6 Å². The molecule has 0 heterocycles. The Morgan fingerprint density at radius 2 is 1.86 bits per heavy atom. The largest absolute Gasteiger partial charge is 0.417 e. The van der Waals surface area contributed by atoms with E-state index in [2.05, 4.69) is 5.32 Å². The molecule has 2 aromatic rings. The summed E-state index contributed by atoms with van der Waals surface area (Å²) in [5, 5.41) is 2.95. The molecule has 108 valence electrons. The van der Waals surface area contributed by atoms with Gasteiger partial charge in [-0.15, -0.1) is 0 Å². The Hall–Kier alpha value is -2.53. The number of nitrogens with two attached hydrogens (primary N) is 1. The van der Waals surface area contributed by atoms with E-state index in [9.17, 15) is 9.59 Å². The molecule has 6 heteroatoms. The molecule has 2 aromatic carbocycles. The van der Waals surface area contributed by atoms with Crippen molar-refractivity contribution in [2.24, 2.45) is 5.73 Å². The maximum absolute atomic E-state index is 11.9. The molecule has 0 aliphatic carbocycles. The third-order valence-electron chi connectivity index (χ3n) is 2.80. The summed E-state index contributed by atoms with van der Waals surface area (Å²) in [6.07, 6.45) is -0.750. The van der Waals surface area contributed by atoms with Crippen LogP contribution in [0.15, 0.2) is 42.5 Å². The molecule has 0 radical (unpaired) electrons. The molecule has 0 aliphatic heterocycles. The fourth-order valence-electron chi connectivity index (χ4n) is 1.78. The van der Waals surface area contributed by atoms with E-state index in [4.69, 9.17) is 22.1 Å². The van der Waals surface area contributed by atoms with Crippen LogP contribution in [0.4, 0.5) is 10.5 Å². The zero-order valence-electron chi connectivity index (χ0n) is 11.2. The highest BCUT2D eigenvalue weighted by molar-refractivity contribution is 6.33. The smallest absolute Gasteiger partial charge is 0.409 e. The molecule has 0 saturated heterocycles. The van der Waals surface area contributed by atoms with Crippen molar-refractivity contribution in [2.45, 2.75) is 6.92 Å². The molecule has 5 nitrogen and oxygen atoms in total. The number of carbonyl (C=O) groups is 2. The minimum Gasteiger partial charge on any atom is -0.409 e. The van der Waals surface area contributed by atoms with Crippen molar-refractivity contribution in [3.8, 4) is 5.75 Å². The monoisotopic (exact) mass is 304 g/mol. The second-order valence-corrected chi connectivity index (χ2v) is 4.71. The van der Waals surface area contributed by atoms with E-state index in [1.54, 1.807) is 37.3 Å². The van der Waals surface area contributed by atoms with E-state index in [0.717, 1.165) is 5.56 Å². The Kier molecular flexibility index (Phi) is 4.45. The fraction of sp³-hybridized carbons (Fsp3) is 0.0667. The van der Waals surface area contributed by atoms with Crippen molar-refractivity contribution >= 4 is 29.3 Å². The van der Waals surface area contributed by atoms with Gasteiger partial charge in [0.2, 0.25) is 0 Å². The molecule has 0 unspecified atom stereocenters. The lowest BCUT2D eigenvalue weighted by atomic mass is 10.2. The van der Waals surface area contributed by atoms with Crippen molar-refractivity contribution in [1.82, 2.24) is 0 Å². The lowest BCUT2D eigenvalue weighted by molar-refractivity contribution is 0.0998. The van der Waals surface area contributed by atoms with Crippen molar-refractivity contribution in [3.63, 3.8) is 0 Å². The number of anilines is 1. The van der Waals surface area contributed by atoms with Crippen LogP contribution in [0, 0.1) is 6.92 Å². The second-order valence-electron chi connectivity index (χ2n) is 4.31. The van der Waals surface area contributed by atoms with Crippen LogP contribution in [-0.2, 0) is 0 Å². The summed E-state index contributed by atoms with van der Waals surface area (Å²) in [6.45, 7) is 1.80. The zero-order valence-corrected chi connectivity index (χ0v) is 12.0. The van der Waals surface area contributed by atoms with Crippen LogP contribution in [0.25, 0.3) is 0 Å². The standard InChI is InChI=1S/C15H13ClN2O3/c1-9-5-4-7-11(16)13(9)18-15(20)21-12-8-3-2-6-10(12)14(17)19/h2-8H,1H3,(H2,17,19)(H,18,20). The number of para-hydroxylation sites is 2. The molecule has 0 spiro atoms. The van der Waals surface area contributed by atoms with E-state index < -0.39 is 12.0 Å². The summed E-state index contributed by atoms with van der Waals surface area (Å²) in [5.74, 6) is -0.584. The molecule has 0 aliphatic rings. The summed E-state index contributed by atoms with van der Waals surface area (Å²) in [4.78, 5) is 23.2. The lowest BCUT2D eigenvalue weighted by Crippen LogP contribution is -2.20. The van der Waals surface area contributed by atoms with Gasteiger partial charge in [-0.05, 0) is 30.7 Å². The molecule has 0 fully saturated rings. The van der Waals surface area contributed by atoms with Crippen LogP contribution in [0.1, 0.15) is 15.9 Å². The third kappa shape index (κ3) is 3.52. The average molecular weight is 305 g/mol. The van der Waals surface area contributed by atoms with Crippen molar-refractivity contribution in [3.05, 3.63) is 58.6 Å². The number of primary amides is 1. The first-order valence-corrected chi connectivity index (χ1v) is 6.49. The Labute approximate surface area is 126 Å². The predicted molar refractivity (Wildman–Crippen MR) is 80.8 cm³/mol. The van der Waals surface area contributed by atoms with Crippen LogP contribution in [0.5, 0.6) is 5.75 Å². The van der Waals surface area contributed by atoms with Crippen LogP contribution < -0.4 is 15.8 Å². The first-order valence-electron chi connectivity index (χ1n) is 6.12. The third-order valence-corrected chi connectivity index (χ3v) is 3.12. The number of carbonyl (C=O) groups excluding carboxylic acids is 2. The highest BCUT2D eigenvalue weighted by atomic mass is 35.5. The summed E-state index contributed by atoms with van der Waals surface area (Å²) < 4.78 is 5.11. The topological polar surface area (TPSA) is 81.4 Å². The van der Waals surface area contributed by atoms with Crippen LogP contribution in [0.3, 0.4) is 0 Å². The predicted octanol–water partition coefficient (Wildman–Crippen LogP) is 3.36. The van der Waals surface area contributed by atoms with Crippen molar-refractivity contribution in [2.75, 3.05) is 5.32 Å². The van der Waals surface area contributed by atoms with E-state index in [1.165, 1.54) is 12.1 Å². The van der Waals surface area contributed by atoms with Gasteiger partial charge >= 0.3 is 6.09 Å². The molecule has 0 bridgehead atoms. The van der Waals surface area contributed by atoms with E-state index in [0.29, 0.717) is 10.7 Å². The minimum atomic E-state index is -0.750. The van der Waals surface area contributed by atoms with E-state index >= 15 is 0 Å². The Balaban J connectivity index is 2.18.